The zero-order valence-corrected chi connectivity index (χ0v) is 25.6. The molecule has 2 atom stereocenters. The summed E-state index contributed by atoms with van der Waals surface area (Å²) < 4.78 is 33.9. The van der Waals surface area contributed by atoms with Gasteiger partial charge < -0.3 is 23.8 Å². The third kappa shape index (κ3) is 25.3. The van der Waals surface area contributed by atoms with E-state index in [9.17, 15) is 14.3 Å². The van der Waals surface area contributed by atoms with Gasteiger partial charge in [-0.05, 0) is 6.42 Å². The van der Waals surface area contributed by atoms with Gasteiger partial charge in [0.15, 0.2) is 6.10 Å². The number of amides is 1. The van der Waals surface area contributed by atoms with Gasteiger partial charge in [0.25, 0.3) is 0 Å². The van der Waals surface area contributed by atoms with Crippen molar-refractivity contribution in [2.24, 2.45) is 0 Å². The number of quaternary nitrogens is 1. The highest BCUT2D eigenvalue weighted by molar-refractivity contribution is 7.47. The van der Waals surface area contributed by atoms with E-state index in [-0.39, 0.29) is 19.8 Å². The van der Waals surface area contributed by atoms with Crippen molar-refractivity contribution in [1.82, 2.24) is 4.90 Å². The normalized spacial score (nSPS) is 14.4. The number of rotatable bonds is 25. The molecule has 0 heterocycles. The lowest BCUT2D eigenvalue weighted by atomic mass is 10.0. The lowest BCUT2D eigenvalue weighted by Gasteiger charge is -2.24. The van der Waals surface area contributed by atoms with E-state index in [0.29, 0.717) is 17.6 Å². The Morgan fingerprint density at radius 1 is 0.784 bits per heavy atom. The highest BCUT2D eigenvalue weighted by Crippen LogP contribution is 2.43. The number of hydrogen-bond donors (Lipinski definition) is 1. The van der Waals surface area contributed by atoms with Crippen molar-refractivity contribution >= 4 is 13.9 Å². The van der Waals surface area contributed by atoms with Gasteiger partial charge in [0.1, 0.15) is 13.2 Å². The van der Waals surface area contributed by atoms with Crippen LogP contribution in [0.5, 0.6) is 0 Å². The lowest BCUT2D eigenvalue weighted by Crippen LogP contribution is -2.37. The molecule has 37 heavy (non-hydrogen) atoms. The molecule has 0 aromatic carbocycles. The minimum atomic E-state index is -4.25. The van der Waals surface area contributed by atoms with Crippen molar-refractivity contribution in [2.75, 3.05) is 68.2 Å². The predicted molar refractivity (Wildman–Crippen MR) is 150 cm³/mol. The van der Waals surface area contributed by atoms with E-state index < -0.39 is 20.0 Å². The largest absolute Gasteiger partial charge is 0.472 e. The second-order valence-electron chi connectivity index (χ2n) is 11.2. The summed E-state index contributed by atoms with van der Waals surface area (Å²) in [4.78, 5) is 23.2. The molecular formula is C27H58N2O7P+. The Labute approximate surface area is 227 Å². The second kappa shape index (κ2) is 22.2. The first-order valence-corrected chi connectivity index (χ1v) is 15.8. The van der Waals surface area contributed by atoms with Gasteiger partial charge >= 0.3 is 13.9 Å². The number of carbonyl (C=O) groups is 1. The molecule has 0 spiro atoms. The Kier molecular flexibility index (Phi) is 21.7. The van der Waals surface area contributed by atoms with Crippen LogP contribution < -0.4 is 0 Å². The van der Waals surface area contributed by atoms with E-state index in [0.717, 1.165) is 12.8 Å². The first-order chi connectivity index (χ1) is 17.5. The Balaban J connectivity index is 3.98. The van der Waals surface area contributed by atoms with Crippen LogP contribution in [0.15, 0.2) is 0 Å². The summed E-state index contributed by atoms with van der Waals surface area (Å²) >= 11 is 0. The molecule has 1 amide bonds. The van der Waals surface area contributed by atoms with Gasteiger partial charge in [-0.1, -0.05) is 90.4 Å². The molecule has 0 saturated heterocycles. The number of carbonyl (C=O) groups excluding carboxylic acids is 1. The number of hydrogen-bond acceptors (Lipinski definition) is 6. The zero-order chi connectivity index (χ0) is 28.0. The molecule has 0 aliphatic carbocycles. The van der Waals surface area contributed by atoms with E-state index in [1.165, 1.54) is 81.9 Å². The minimum absolute atomic E-state index is 0.0784. The quantitative estimate of drug-likeness (QED) is 0.0795. The molecule has 0 aromatic heterocycles. The molecule has 0 radical (unpaired) electrons. The Morgan fingerprint density at radius 3 is 1.73 bits per heavy atom. The Bertz CT molecular complexity index is 600. The fraction of sp³-hybridized carbons (Fsp3) is 0.963. The number of ether oxygens (including phenoxy) is 2. The van der Waals surface area contributed by atoms with Gasteiger partial charge in [-0.25, -0.2) is 9.36 Å². The monoisotopic (exact) mass is 553 g/mol. The van der Waals surface area contributed by atoms with Crippen LogP contribution in [-0.4, -0.2) is 94.7 Å². The first-order valence-electron chi connectivity index (χ1n) is 14.3. The predicted octanol–water partition coefficient (Wildman–Crippen LogP) is 6.39. The van der Waals surface area contributed by atoms with Crippen LogP contribution in [0.1, 0.15) is 96.8 Å². The van der Waals surface area contributed by atoms with Crippen molar-refractivity contribution < 1.29 is 37.3 Å². The highest BCUT2D eigenvalue weighted by Gasteiger charge is 2.26. The molecule has 10 heteroatoms. The van der Waals surface area contributed by atoms with Crippen LogP contribution >= 0.6 is 7.82 Å². The molecular weight excluding hydrogens is 495 g/mol. The molecule has 9 nitrogen and oxygen atoms in total. The number of likely N-dealkylation sites (N-methyl/N-ethyl adjacent to an activating group) is 1. The van der Waals surface area contributed by atoms with E-state index >= 15 is 0 Å². The SMILES string of the molecule is CCCCCCCCCCCCCCCCOCC(COP(=O)(O)OCC[N+](C)(C)C)OC(=O)N(C)C. The molecule has 0 saturated carbocycles. The van der Waals surface area contributed by atoms with Gasteiger partial charge in [0.2, 0.25) is 0 Å². The summed E-state index contributed by atoms with van der Waals surface area (Å²) in [5, 5.41) is 0. The number of phosphoric ester groups is 1. The maximum atomic E-state index is 12.2. The first kappa shape index (κ1) is 36.3. The van der Waals surface area contributed by atoms with Crippen LogP contribution in [0.4, 0.5) is 4.79 Å². The molecule has 0 rings (SSSR count). The number of nitrogens with zero attached hydrogens (tertiary/aromatic N) is 2. The average Bonchev–Trinajstić information content (AvgIpc) is 2.81. The number of unbranched alkanes of at least 4 members (excludes halogenated alkanes) is 13. The zero-order valence-electron chi connectivity index (χ0n) is 24.8. The smallest absolute Gasteiger partial charge is 0.441 e. The Hall–Kier alpha value is -0.700. The van der Waals surface area contributed by atoms with Gasteiger partial charge in [0.05, 0.1) is 34.4 Å². The van der Waals surface area contributed by atoms with Crippen molar-refractivity contribution in [3.8, 4) is 0 Å². The fourth-order valence-electron chi connectivity index (χ4n) is 3.62. The Morgan fingerprint density at radius 2 is 1.27 bits per heavy atom. The van der Waals surface area contributed by atoms with Crippen LogP contribution in [0.2, 0.25) is 0 Å². The maximum absolute atomic E-state index is 12.2. The summed E-state index contributed by atoms with van der Waals surface area (Å²) in [6.07, 6.45) is 16.7. The maximum Gasteiger partial charge on any atom is 0.472 e. The molecule has 2 unspecified atom stereocenters. The third-order valence-electron chi connectivity index (χ3n) is 6.02. The van der Waals surface area contributed by atoms with E-state index in [1.54, 1.807) is 14.1 Å². The summed E-state index contributed by atoms with van der Waals surface area (Å²) in [7, 11) is 4.76. The molecule has 0 aliphatic heterocycles. The van der Waals surface area contributed by atoms with E-state index in [2.05, 4.69) is 6.92 Å². The second-order valence-corrected chi connectivity index (χ2v) is 12.6. The number of phosphoric acid groups is 1. The van der Waals surface area contributed by atoms with E-state index in [1.807, 2.05) is 21.1 Å². The van der Waals surface area contributed by atoms with Crippen molar-refractivity contribution in [3.63, 3.8) is 0 Å². The van der Waals surface area contributed by atoms with Gasteiger partial charge in [0, 0.05) is 20.7 Å². The van der Waals surface area contributed by atoms with Crippen LogP contribution in [-0.2, 0) is 23.1 Å². The topological polar surface area (TPSA) is 94.5 Å². The van der Waals surface area contributed by atoms with Gasteiger partial charge in [-0.15, -0.1) is 0 Å². The molecule has 0 bridgehead atoms. The molecule has 0 aromatic rings. The standard InChI is InChI=1S/C27H57N2O7P/c1-7-8-9-10-11-12-13-14-15-16-17-18-19-20-22-33-24-26(36-27(30)28(2)3)25-35-37(31,32)34-23-21-29(4,5)6/h26H,7-25H2,1-6H3/p+1. The van der Waals surface area contributed by atoms with Crippen LogP contribution in [0.3, 0.4) is 0 Å². The molecule has 0 fully saturated rings. The van der Waals surface area contributed by atoms with Crippen LogP contribution in [0.25, 0.3) is 0 Å². The summed E-state index contributed by atoms with van der Waals surface area (Å²) in [6, 6.07) is 0. The molecule has 1 N–H and O–H groups in total. The van der Waals surface area contributed by atoms with Crippen molar-refractivity contribution in [2.45, 2.75) is 103 Å². The summed E-state index contributed by atoms with van der Waals surface area (Å²) in [5.41, 5.74) is 0. The molecule has 0 aliphatic rings. The minimum Gasteiger partial charge on any atom is -0.441 e. The molecule has 222 valence electrons. The van der Waals surface area contributed by atoms with Gasteiger partial charge in [-0.2, -0.15) is 0 Å². The third-order valence-corrected chi connectivity index (χ3v) is 7.00. The van der Waals surface area contributed by atoms with Crippen molar-refractivity contribution in [3.05, 3.63) is 0 Å². The van der Waals surface area contributed by atoms with Gasteiger partial charge in [-0.3, -0.25) is 9.05 Å². The average molecular weight is 554 g/mol. The summed E-state index contributed by atoms with van der Waals surface area (Å²) in [6.45, 7) is 3.25. The van der Waals surface area contributed by atoms with Crippen LogP contribution in [0, 0.1) is 0 Å². The summed E-state index contributed by atoms with van der Waals surface area (Å²) in [5.74, 6) is 0. The lowest BCUT2D eigenvalue weighted by molar-refractivity contribution is -0.870. The fourth-order valence-corrected chi connectivity index (χ4v) is 4.36. The van der Waals surface area contributed by atoms with Crippen molar-refractivity contribution in [1.29, 1.82) is 0 Å². The highest BCUT2D eigenvalue weighted by atomic mass is 31.2. The van der Waals surface area contributed by atoms with E-state index in [4.69, 9.17) is 18.5 Å².